The van der Waals surface area contributed by atoms with Gasteiger partial charge in [-0.3, -0.25) is 0 Å². The smallest absolute Gasteiger partial charge is 0.199 e. The van der Waals surface area contributed by atoms with Crippen molar-refractivity contribution in [3.05, 3.63) is 11.6 Å². The molecule has 0 unspecified atom stereocenters. The molecular formula is C12H20N6. The summed E-state index contributed by atoms with van der Waals surface area (Å²) < 4.78 is 0. The molecule has 18 heavy (non-hydrogen) atoms. The van der Waals surface area contributed by atoms with Crippen LogP contribution in [0.5, 0.6) is 0 Å². The van der Waals surface area contributed by atoms with Gasteiger partial charge in [-0.15, -0.1) is 20.4 Å². The van der Waals surface area contributed by atoms with Gasteiger partial charge in [0.05, 0.1) is 0 Å². The average molecular weight is 248 g/mol. The van der Waals surface area contributed by atoms with E-state index in [9.17, 15) is 0 Å². The fourth-order valence-electron chi connectivity index (χ4n) is 1.41. The largest absolute Gasteiger partial charge is 0.322 e. The highest BCUT2D eigenvalue weighted by Crippen LogP contribution is 2.22. The quantitative estimate of drug-likeness (QED) is 0.810. The lowest BCUT2D eigenvalue weighted by Crippen LogP contribution is -2.13. The molecule has 6 nitrogen and oxygen atoms in total. The second kappa shape index (κ2) is 3.90. The van der Waals surface area contributed by atoms with E-state index in [2.05, 4.69) is 71.9 Å². The lowest BCUT2D eigenvalue weighted by molar-refractivity contribution is 0.547. The summed E-state index contributed by atoms with van der Waals surface area (Å²) in [6, 6.07) is 0. The van der Waals surface area contributed by atoms with Crippen molar-refractivity contribution >= 4 is 0 Å². The summed E-state index contributed by atoms with van der Waals surface area (Å²) in [5.74, 6) is 2.93. The highest BCUT2D eigenvalue weighted by atomic mass is 15.3. The summed E-state index contributed by atoms with van der Waals surface area (Å²) >= 11 is 0. The van der Waals surface area contributed by atoms with Crippen molar-refractivity contribution in [2.45, 2.75) is 52.4 Å². The van der Waals surface area contributed by atoms with E-state index in [0.717, 1.165) is 11.6 Å². The molecule has 0 atom stereocenters. The lowest BCUT2D eigenvalue weighted by atomic mass is 9.96. The normalized spacial score (nSPS) is 13.0. The Balaban J connectivity index is 2.33. The molecule has 0 aliphatic carbocycles. The summed E-state index contributed by atoms with van der Waals surface area (Å²) in [5.41, 5.74) is -0.115. The van der Waals surface area contributed by atoms with E-state index < -0.39 is 0 Å². The van der Waals surface area contributed by atoms with E-state index >= 15 is 0 Å². The van der Waals surface area contributed by atoms with Crippen LogP contribution in [0.2, 0.25) is 0 Å². The Morgan fingerprint density at radius 2 is 0.944 bits per heavy atom. The molecule has 6 heteroatoms. The predicted molar refractivity (Wildman–Crippen MR) is 69.2 cm³/mol. The first-order valence-electron chi connectivity index (χ1n) is 6.04. The maximum absolute atomic E-state index is 4.14. The average Bonchev–Trinajstić information content (AvgIpc) is 2.84. The van der Waals surface area contributed by atoms with Crippen molar-refractivity contribution in [3.63, 3.8) is 0 Å². The molecule has 0 fully saturated rings. The Morgan fingerprint density at radius 3 is 1.17 bits per heavy atom. The molecule has 0 aliphatic rings. The molecule has 0 saturated carbocycles. The van der Waals surface area contributed by atoms with Crippen molar-refractivity contribution in [2.75, 3.05) is 0 Å². The molecule has 0 spiro atoms. The SMILES string of the molecule is CC(C)(C)c1nnc(-c2nnc(C(C)(C)C)[nH]2)[nH]1. The highest BCUT2D eigenvalue weighted by molar-refractivity contribution is 5.42. The van der Waals surface area contributed by atoms with Crippen LogP contribution in [0.15, 0.2) is 0 Å². The van der Waals surface area contributed by atoms with Crippen LogP contribution >= 0.6 is 0 Å². The first-order chi connectivity index (χ1) is 8.18. The van der Waals surface area contributed by atoms with Gasteiger partial charge in [-0.1, -0.05) is 41.5 Å². The summed E-state index contributed by atoms with van der Waals surface area (Å²) in [4.78, 5) is 6.36. The van der Waals surface area contributed by atoms with E-state index in [4.69, 9.17) is 0 Å². The number of hydrogen-bond donors (Lipinski definition) is 2. The third kappa shape index (κ3) is 2.42. The van der Waals surface area contributed by atoms with Gasteiger partial charge in [-0.05, 0) is 0 Å². The molecule has 0 radical (unpaired) electrons. The van der Waals surface area contributed by atoms with Gasteiger partial charge in [-0.25, -0.2) is 0 Å². The van der Waals surface area contributed by atoms with Gasteiger partial charge in [-0.2, -0.15) is 0 Å². The van der Waals surface area contributed by atoms with Gasteiger partial charge < -0.3 is 9.97 Å². The molecule has 0 aromatic carbocycles. The Hall–Kier alpha value is -1.72. The molecule has 2 aromatic rings. The fourth-order valence-corrected chi connectivity index (χ4v) is 1.41. The zero-order valence-electron chi connectivity index (χ0n) is 11.8. The van der Waals surface area contributed by atoms with Crippen LogP contribution in [0.25, 0.3) is 11.6 Å². The molecule has 2 N–H and O–H groups in total. The first kappa shape index (κ1) is 12.7. The maximum Gasteiger partial charge on any atom is 0.199 e. The van der Waals surface area contributed by atoms with Crippen molar-refractivity contribution in [3.8, 4) is 11.6 Å². The third-order valence-electron chi connectivity index (χ3n) is 2.62. The van der Waals surface area contributed by atoms with E-state index in [1.807, 2.05) is 0 Å². The summed E-state index contributed by atoms with van der Waals surface area (Å²) in [6.07, 6.45) is 0. The predicted octanol–water partition coefficient (Wildman–Crippen LogP) is 2.18. The van der Waals surface area contributed by atoms with E-state index in [1.54, 1.807) is 0 Å². The van der Waals surface area contributed by atoms with E-state index in [1.165, 1.54) is 0 Å². The number of nitrogens with zero attached hydrogens (tertiary/aromatic N) is 4. The van der Waals surface area contributed by atoms with Gasteiger partial charge in [0.25, 0.3) is 0 Å². The number of H-pyrrole nitrogens is 2. The summed E-state index contributed by atoms with van der Waals surface area (Å²) in [7, 11) is 0. The van der Waals surface area contributed by atoms with E-state index in [0.29, 0.717) is 11.6 Å². The Morgan fingerprint density at radius 1 is 0.611 bits per heavy atom. The molecule has 0 aliphatic heterocycles. The minimum absolute atomic E-state index is 0.0574. The minimum atomic E-state index is -0.0574. The number of hydrogen-bond acceptors (Lipinski definition) is 4. The topological polar surface area (TPSA) is 83.1 Å². The second-order valence-corrected chi connectivity index (χ2v) is 6.54. The van der Waals surface area contributed by atoms with Gasteiger partial charge in [0.2, 0.25) is 0 Å². The van der Waals surface area contributed by atoms with Crippen LogP contribution in [0.4, 0.5) is 0 Å². The fraction of sp³-hybridized carbons (Fsp3) is 0.667. The molecule has 0 amide bonds. The maximum atomic E-state index is 4.14. The zero-order valence-corrected chi connectivity index (χ0v) is 11.8. The number of aromatic nitrogens is 6. The number of aromatic amines is 2. The Labute approximate surface area is 107 Å². The van der Waals surface area contributed by atoms with Crippen LogP contribution < -0.4 is 0 Å². The van der Waals surface area contributed by atoms with Gasteiger partial charge in [0, 0.05) is 10.8 Å². The van der Waals surface area contributed by atoms with Crippen LogP contribution in [0, 0.1) is 0 Å². The molecule has 98 valence electrons. The van der Waals surface area contributed by atoms with Gasteiger partial charge in [0.1, 0.15) is 11.6 Å². The first-order valence-corrected chi connectivity index (χ1v) is 6.04. The lowest BCUT2D eigenvalue weighted by Gasteiger charge is -2.13. The van der Waals surface area contributed by atoms with Crippen LogP contribution in [-0.4, -0.2) is 30.4 Å². The van der Waals surface area contributed by atoms with Crippen molar-refractivity contribution < 1.29 is 0 Å². The molecule has 2 aromatic heterocycles. The van der Waals surface area contributed by atoms with Crippen molar-refractivity contribution in [2.24, 2.45) is 0 Å². The second-order valence-electron chi connectivity index (χ2n) is 6.54. The third-order valence-corrected chi connectivity index (χ3v) is 2.62. The van der Waals surface area contributed by atoms with Crippen LogP contribution in [0.1, 0.15) is 53.2 Å². The monoisotopic (exact) mass is 248 g/mol. The number of nitrogens with one attached hydrogen (secondary N) is 2. The Kier molecular flexibility index (Phi) is 2.76. The molecule has 0 bridgehead atoms. The molecule has 0 saturated heterocycles. The molecule has 2 heterocycles. The number of rotatable bonds is 1. The standard InChI is InChI=1S/C12H20N6/c1-11(2,3)9-13-7(15-17-9)8-14-10(18-16-8)12(4,5)6/h1-6H3,(H,13,15,17)(H,14,16,18). The van der Waals surface area contributed by atoms with Crippen molar-refractivity contribution in [1.82, 2.24) is 30.4 Å². The van der Waals surface area contributed by atoms with Crippen LogP contribution in [0.3, 0.4) is 0 Å². The molecule has 2 rings (SSSR count). The molecular weight excluding hydrogens is 228 g/mol. The summed E-state index contributed by atoms with van der Waals surface area (Å²) in [6.45, 7) is 12.5. The van der Waals surface area contributed by atoms with Gasteiger partial charge in [0.15, 0.2) is 11.6 Å². The van der Waals surface area contributed by atoms with Gasteiger partial charge >= 0.3 is 0 Å². The van der Waals surface area contributed by atoms with Crippen molar-refractivity contribution in [1.29, 1.82) is 0 Å². The summed E-state index contributed by atoms with van der Waals surface area (Å²) in [5, 5.41) is 16.5. The Bertz CT molecular complexity index is 487. The zero-order chi connectivity index (χ0) is 13.6. The minimum Gasteiger partial charge on any atom is -0.322 e. The highest BCUT2D eigenvalue weighted by Gasteiger charge is 2.22. The van der Waals surface area contributed by atoms with E-state index in [-0.39, 0.29) is 10.8 Å². The van der Waals surface area contributed by atoms with Crippen LogP contribution in [-0.2, 0) is 10.8 Å².